The standard InChI is InChI=1S/C23H25F6N3O2/c1-14(2)31(13-20(33)32(18-6-7-18)12-19-5-4-8-30(19)3)21(34)15-9-16(22(24,25)26)11-17(10-15)23(27,28)29/h4-5,8-11,14,18H,6-7,12-13H2,1-3H3. The lowest BCUT2D eigenvalue weighted by atomic mass is 10.0. The van der Waals surface area contributed by atoms with Gasteiger partial charge in [0.15, 0.2) is 0 Å². The summed E-state index contributed by atoms with van der Waals surface area (Å²) in [7, 11) is 1.82. The topological polar surface area (TPSA) is 45.6 Å². The van der Waals surface area contributed by atoms with Crippen LogP contribution in [-0.4, -0.2) is 44.8 Å². The maximum absolute atomic E-state index is 13.2. The maximum Gasteiger partial charge on any atom is 0.416 e. The molecule has 1 aromatic carbocycles. The summed E-state index contributed by atoms with van der Waals surface area (Å²) in [6.07, 6.45) is -6.76. The van der Waals surface area contributed by atoms with Crippen LogP contribution in [0.2, 0.25) is 0 Å². The minimum Gasteiger partial charge on any atom is -0.353 e. The van der Waals surface area contributed by atoms with Gasteiger partial charge in [-0.3, -0.25) is 9.59 Å². The fraction of sp³-hybridized carbons (Fsp3) is 0.478. The van der Waals surface area contributed by atoms with Gasteiger partial charge in [-0.05, 0) is 57.0 Å². The van der Waals surface area contributed by atoms with Crippen molar-refractivity contribution < 1.29 is 35.9 Å². The maximum atomic E-state index is 13.2. The van der Waals surface area contributed by atoms with Gasteiger partial charge in [-0.15, -0.1) is 0 Å². The van der Waals surface area contributed by atoms with E-state index in [9.17, 15) is 35.9 Å². The van der Waals surface area contributed by atoms with E-state index < -0.39 is 53.4 Å². The fourth-order valence-corrected chi connectivity index (χ4v) is 3.61. The lowest BCUT2D eigenvalue weighted by Crippen LogP contribution is -2.46. The molecule has 1 fully saturated rings. The van der Waals surface area contributed by atoms with Crippen LogP contribution in [0.4, 0.5) is 26.3 Å². The van der Waals surface area contributed by atoms with E-state index in [1.54, 1.807) is 18.7 Å². The van der Waals surface area contributed by atoms with Gasteiger partial charge in [0.25, 0.3) is 5.91 Å². The molecule has 0 bridgehead atoms. The predicted molar refractivity (Wildman–Crippen MR) is 112 cm³/mol. The van der Waals surface area contributed by atoms with Crippen molar-refractivity contribution in [2.24, 2.45) is 7.05 Å². The number of carbonyl (C=O) groups is 2. The number of halogens is 6. The van der Waals surface area contributed by atoms with Crippen molar-refractivity contribution in [1.82, 2.24) is 14.4 Å². The molecule has 2 aromatic rings. The van der Waals surface area contributed by atoms with Gasteiger partial charge >= 0.3 is 12.4 Å². The van der Waals surface area contributed by atoms with Crippen LogP contribution >= 0.6 is 0 Å². The van der Waals surface area contributed by atoms with Crippen LogP contribution in [0.25, 0.3) is 0 Å². The molecule has 186 valence electrons. The fourth-order valence-electron chi connectivity index (χ4n) is 3.61. The third-order valence-corrected chi connectivity index (χ3v) is 5.72. The summed E-state index contributed by atoms with van der Waals surface area (Å²) < 4.78 is 81.2. The minimum absolute atomic E-state index is 0.0168. The number of hydrogen-bond donors (Lipinski definition) is 0. The Morgan fingerprint density at radius 3 is 2.00 bits per heavy atom. The van der Waals surface area contributed by atoms with Gasteiger partial charge in [0, 0.05) is 36.6 Å². The largest absolute Gasteiger partial charge is 0.416 e. The van der Waals surface area contributed by atoms with Crippen molar-refractivity contribution in [1.29, 1.82) is 0 Å². The Kier molecular flexibility index (Phi) is 7.05. The average Bonchev–Trinajstić information content (AvgIpc) is 3.49. The molecule has 0 atom stereocenters. The van der Waals surface area contributed by atoms with Crippen molar-refractivity contribution in [3.8, 4) is 0 Å². The number of benzene rings is 1. The van der Waals surface area contributed by atoms with Gasteiger partial charge in [0.2, 0.25) is 5.91 Å². The van der Waals surface area contributed by atoms with Gasteiger partial charge < -0.3 is 14.4 Å². The first-order chi connectivity index (χ1) is 15.7. The molecule has 5 nitrogen and oxygen atoms in total. The molecule has 3 rings (SSSR count). The van der Waals surface area contributed by atoms with Crippen molar-refractivity contribution in [2.45, 2.75) is 57.7 Å². The second kappa shape index (κ2) is 9.34. The molecule has 1 aliphatic rings. The van der Waals surface area contributed by atoms with Gasteiger partial charge in [-0.25, -0.2) is 0 Å². The normalized spacial score (nSPS) is 14.4. The van der Waals surface area contributed by atoms with E-state index in [1.165, 1.54) is 0 Å². The smallest absolute Gasteiger partial charge is 0.353 e. The number of carbonyl (C=O) groups excluding carboxylic acids is 2. The molecule has 2 amide bonds. The Morgan fingerprint density at radius 1 is 1.03 bits per heavy atom. The molecule has 11 heteroatoms. The Balaban J connectivity index is 1.89. The van der Waals surface area contributed by atoms with Crippen LogP contribution in [0, 0.1) is 0 Å². The molecule has 0 aliphatic heterocycles. The lowest BCUT2D eigenvalue weighted by molar-refractivity contribution is -0.143. The Labute approximate surface area is 192 Å². The van der Waals surface area contributed by atoms with E-state index >= 15 is 0 Å². The summed E-state index contributed by atoms with van der Waals surface area (Å²) >= 11 is 0. The Bertz CT molecular complexity index is 1020. The van der Waals surface area contributed by atoms with Crippen molar-refractivity contribution in [2.75, 3.05) is 6.54 Å². The Hall–Kier alpha value is -2.98. The highest BCUT2D eigenvalue weighted by molar-refractivity contribution is 5.97. The zero-order chi connectivity index (χ0) is 25.4. The number of amides is 2. The van der Waals surface area contributed by atoms with Crippen molar-refractivity contribution >= 4 is 11.8 Å². The van der Waals surface area contributed by atoms with Gasteiger partial charge in [0.1, 0.15) is 6.54 Å². The van der Waals surface area contributed by atoms with Crippen molar-refractivity contribution in [3.05, 3.63) is 58.9 Å². The Morgan fingerprint density at radius 2 is 1.59 bits per heavy atom. The van der Waals surface area contributed by atoms with Crippen LogP contribution in [-0.2, 0) is 30.7 Å². The molecule has 1 heterocycles. The number of nitrogens with zero attached hydrogens (tertiary/aromatic N) is 3. The quantitative estimate of drug-likeness (QED) is 0.508. The second-order valence-electron chi connectivity index (χ2n) is 8.68. The van der Waals surface area contributed by atoms with Crippen LogP contribution in [0.15, 0.2) is 36.5 Å². The lowest BCUT2D eigenvalue weighted by Gasteiger charge is -2.30. The molecule has 1 aromatic heterocycles. The van der Waals surface area contributed by atoms with E-state index in [4.69, 9.17) is 0 Å². The first kappa shape index (κ1) is 25.6. The van der Waals surface area contributed by atoms with E-state index in [1.807, 2.05) is 29.9 Å². The third-order valence-electron chi connectivity index (χ3n) is 5.72. The summed E-state index contributed by atoms with van der Waals surface area (Å²) in [6, 6.07) is 3.75. The number of aryl methyl sites for hydroxylation is 1. The average molecular weight is 489 g/mol. The minimum atomic E-state index is -5.08. The van der Waals surface area contributed by atoms with E-state index in [2.05, 4.69) is 0 Å². The van der Waals surface area contributed by atoms with E-state index in [0.717, 1.165) is 23.4 Å². The summed E-state index contributed by atoms with van der Waals surface area (Å²) in [5.74, 6) is -1.50. The van der Waals surface area contributed by atoms with Gasteiger partial charge in [0.05, 0.1) is 17.7 Å². The molecule has 34 heavy (non-hydrogen) atoms. The molecule has 0 unspecified atom stereocenters. The highest BCUT2D eigenvalue weighted by Gasteiger charge is 2.39. The predicted octanol–water partition coefficient (Wildman–Crippen LogP) is 5.10. The van der Waals surface area contributed by atoms with Crippen molar-refractivity contribution in [3.63, 3.8) is 0 Å². The summed E-state index contributed by atoms with van der Waals surface area (Å²) in [4.78, 5) is 28.8. The summed E-state index contributed by atoms with van der Waals surface area (Å²) in [5.41, 5.74) is -3.08. The second-order valence-corrected chi connectivity index (χ2v) is 8.68. The molecule has 0 saturated heterocycles. The first-order valence-electron chi connectivity index (χ1n) is 10.7. The monoisotopic (exact) mass is 489 g/mol. The SMILES string of the molecule is CC(C)N(CC(=O)N(Cc1cccn1C)C1CC1)C(=O)c1cc(C(F)(F)F)cc(C(F)(F)F)c1. The molecule has 0 N–H and O–H groups in total. The molecule has 0 spiro atoms. The van der Waals surface area contributed by atoms with Gasteiger partial charge in [-0.1, -0.05) is 0 Å². The zero-order valence-corrected chi connectivity index (χ0v) is 18.9. The number of rotatable bonds is 7. The van der Waals surface area contributed by atoms with Crippen LogP contribution in [0.3, 0.4) is 0 Å². The zero-order valence-electron chi connectivity index (χ0n) is 18.9. The van der Waals surface area contributed by atoms with E-state index in [-0.39, 0.29) is 18.7 Å². The highest BCUT2D eigenvalue weighted by atomic mass is 19.4. The highest BCUT2D eigenvalue weighted by Crippen LogP contribution is 2.37. The first-order valence-corrected chi connectivity index (χ1v) is 10.7. The molecule has 1 aliphatic carbocycles. The van der Waals surface area contributed by atoms with Crippen LogP contribution in [0.5, 0.6) is 0 Å². The summed E-state index contributed by atoms with van der Waals surface area (Å²) in [6.45, 7) is 2.91. The molecular weight excluding hydrogens is 464 g/mol. The third kappa shape index (κ3) is 5.92. The molecule has 1 saturated carbocycles. The summed E-state index contributed by atoms with van der Waals surface area (Å²) in [5, 5.41) is 0. The number of hydrogen-bond acceptors (Lipinski definition) is 2. The van der Waals surface area contributed by atoms with Gasteiger partial charge in [-0.2, -0.15) is 26.3 Å². The van der Waals surface area contributed by atoms with E-state index in [0.29, 0.717) is 12.1 Å². The molecular formula is C23H25F6N3O2. The molecule has 0 radical (unpaired) electrons. The number of aromatic nitrogens is 1. The number of alkyl halides is 6. The van der Waals surface area contributed by atoms with Crippen LogP contribution < -0.4 is 0 Å². The van der Waals surface area contributed by atoms with Crippen LogP contribution in [0.1, 0.15) is 53.9 Å².